The molecule has 1 amide bonds. The number of aryl methyl sites for hydroxylation is 1. The number of ether oxygens (including phenoxy) is 1. The third-order valence-electron chi connectivity index (χ3n) is 5.94. The molecule has 1 aliphatic heterocycles. The van der Waals surface area contributed by atoms with Crippen LogP contribution in [0.5, 0.6) is 5.75 Å². The van der Waals surface area contributed by atoms with Crippen molar-refractivity contribution in [1.29, 1.82) is 0 Å². The summed E-state index contributed by atoms with van der Waals surface area (Å²) >= 11 is 1.25. The van der Waals surface area contributed by atoms with Gasteiger partial charge in [0.05, 0.1) is 24.9 Å². The van der Waals surface area contributed by atoms with E-state index in [0.29, 0.717) is 63.9 Å². The second kappa shape index (κ2) is 8.08. The lowest BCUT2D eigenvalue weighted by atomic mass is 10.1. The Morgan fingerprint density at radius 1 is 1.29 bits per heavy atom. The molecule has 11 heteroatoms. The Kier molecular flexibility index (Phi) is 5.31. The van der Waals surface area contributed by atoms with E-state index in [0.717, 1.165) is 5.39 Å². The molecule has 0 fully saturated rings. The van der Waals surface area contributed by atoms with Crippen molar-refractivity contribution in [3.63, 3.8) is 0 Å². The van der Waals surface area contributed by atoms with Crippen LogP contribution >= 0.6 is 11.3 Å². The Morgan fingerprint density at radius 2 is 2.09 bits per heavy atom. The van der Waals surface area contributed by atoms with Crippen molar-refractivity contribution < 1.29 is 22.7 Å². The maximum Gasteiger partial charge on any atom is 0.406 e. The predicted octanol–water partition coefficient (Wildman–Crippen LogP) is 4.52. The average molecular weight is 490 g/mol. The summed E-state index contributed by atoms with van der Waals surface area (Å²) in [6, 6.07) is 6.78. The second-order valence-electron chi connectivity index (χ2n) is 8.25. The van der Waals surface area contributed by atoms with Gasteiger partial charge in [-0.2, -0.15) is 13.2 Å². The number of nitrogens with zero attached hydrogens (tertiary/aromatic N) is 4. The summed E-state index contributed by atoms with van der Waals surface area (Å²) < 4.78 is 48.7. The van der Waals surface area contributed by atoms with E-state index in [4.69, 9.17) is 10.5 Å². The normalized spacial score (nSPS) is 14.7. The summed E-state index contributed by atoms with van der Waals surface area (Å²) in [7, 11) is 3.21. The predicted molar refractivity (Wildman–Crippen MR) is 125 cm³/mol. The molecule has 0 bridgehead atoms. The van der Waals surface area contributed by atoms with Crippen molar-refractivity contribution in [1.82, 2.24) is 19.0 Å². The smallest absolute Gasteiger partial charge is 0.406 e. The molecule has 178 valence electrons. The van der Waals surface area contributed by atoms with Crippen molar-refractivity contribution in [2.75, 3.05) is 20.2 Å². The summed E-state index contributed by atoms with van der Waals surface area (Å²) in [5.41, 5.74) is 8.33. The van der Waals surface area contributed by atoms with Gasteiger partial charge in [0, 0.05) is 30.2 Å². The molecular formula is C23H22F3N5O2S. The molecule has 0 radical (unpaired) electrons. The Labute approximate surface area is 196 Å². The maximum atomic E-state index is 13.4. The zero-order valence-corrected chi connectivity index (χ0v) is 19.3. The van der Waals surface area contributed by atoms with Gasteiger partial charge in [-0.25, -0.2) is 4.98 Å². The number of carbonyl (C=O) groups is 1. The number of hydrogen-bond donors (Lipinski definition) is 1. The molecule has 0 spiro atoms. The number of carbonyl (C=O) groups excluding carboxylic acids is 1. The molecule has 3 aromatic heterocycles. The molecular weight excluding hydrogens is 467 g/mol. The summed E-state index contributed by atoms with van der Waals surface area (Å²) in [6.45, 7) is -0.232. The van der Waals surface area contributed by atoms with Crippen LogP contribution in [0.25, 0.3) is 32.8 Å². The first kappa shape index (κ1) is 22.3. The van der Waals surface area contributed by atoms with Crippen molar-refractivity contribution in [2.24, 2.45) is 12.8 Å². The second-order valence-corrected chi connectivity index (χ2v) is 9.14. The topological polar surface area (TPSA) is 78.3 Å². The Hall–Kier alpha value is -3.47. The van der Waals surface area contributed by atoms with Gasteiger partial charge < -0.3 is 24.5 Å². The number of alkyl halides is 3. The number of halogens is 3. The fraction of sp³-hybridized carbons (Fsp3) is 0.304. The van der Waals surface area contributed by atoms with Crippen molar-refractivity contribution in [2.45, 2.75) is 19.1 Å². The number of fused-ring (bicyclic) bond motifs is 2. The van der Waals surface area contributed by atoms with E-state index in [1.165, 1.54) is 23.0 Å². The molecule has 0 atom stereocenters. The van der Waals surface area contributed by atoms with Gasteiger partial charge >= 0.3 is 6.18 Å². The van der Waals surface area contributed by atoms with Crippen molar-refractivity contribution >= 4 is 38.5 Å². The number of methoxy groups -OCH3 is 1. The first-order chi connectivity index (χ1) is 16.2. The maximum absolute atomic E-state index is 13.4. The van der Waals surface area contributed by atoms with Gasteiger partial charge in [0.1, 0.15) is 22.6 Å². The summed E-state index contributed by atoms with van der Waals surface area (Å²) in [4.78, 5) is 20.0. The zero-order valence-electron chi connectivity index (χ0n) is 18.5. The van der Waals surface area contributed by atoms with Crippen LogP contribution in [-0.4, -0.2) is 51.3 Å². The highest BCUT2D eigenvalue weighted by molar-refractivity contribution is 7.16. The van der Waals surface area contributed by atoms with Gasteiger partial charge in [-0.15, -0.1) is 11.3 Å². The Bertz CT molecular complexity index is 1450. The Morgan fingerprint density at radius 3 is 2.79 bits per heavy atom. The third-order valence-corrected chi connectivity index (χ3v) is 6.89. The lowest BCUT2D eigenvalue weighted by Gasteiger charge is -2.26. The molecule has 4 heterocycles. The van der Waals surface area contributed by atoms with Crippen LogP contribution in [0.3, 0.4) is 0 Å². The Balaban J connectivity index is 1.64. The highest BCUT2D eigenvalue weighted by atomic mass is 32.1. The van der Waals surface area contributed by atoms with Crippen LogP contribution in [0.15, 0.2) is 41.4 Å². The highest BCUT2D eigenvalue weighted by Crippen LogP contribution is 2.37. The van der Waals surface area contributed by atoms with Crippen LogP contribution < -0.4 is 10.5 Å². The number of thiophene rings is 1. The number of hydrogen-bond acceptors (Lipinski definition) is 5. The van der Waals surface area contributed by atoms with Gasteiger partial charge in [0.15, 0.2) is 5.82 Å². The van der Waals surface area contributed by atoms with Crippen LogP contribution in [0, 0.1) is 0 Å². The van der Waals surface area contributed by atoms with E-state index in [2.05, 4.69) is 4.98 Å². The fourth-order valence-corrected chi connectivity index (χ4v) is 5.34. The number of aromatic nitrogens is 3. The number of benzene rings is 1. The van der Waals surface area contributed by atoms with Crippen LogP contribution in [0.4, 0.5) is 13.2 Å². The van der Waals surface area contributed by atoms with Crippen LogP contribution in [0.1, 0.15) is 16.8 Å². The largest absolute Gasteiger partial charge is 0.494 e. The molecule has 7 nitrogen and oxygen atoms in total. The average Bonchev–Trinajstić information content (AvgIpc) is 3.46. The lowest BCUT2D eigenvalue weighted by molar-refractivity contribution is -0.139. The van der Waals surface area contributed by atoms with Gasteiger partial charge in [-0.1, -0.05) is 6.08 Å². The lowest BCUT2D eigenvalue weighted by Crippen LogP contribution is -2.37. The molecule has 5 rings (SSSR count). The summed E-state index contributed by atoms with van der Waals surface area (Å²) in [5.74, 6) is 0.568. The number of nitrogens with two attached hydrogens (primary N) is 1. The van der Waals surface area contributed by atoms with Crippen LogP contribution in [0.2, 0.25) is 0 Å². The minimum atomic E-state index is -4.39. The van der Waals surface area contributed by atoms with Gasteiger partial charge in [-0.3, -0.25) is 4.79 Å². The molecule has 34 heavy (non-hydrogen) atoms. The number of imidazole rings is 1. The van der Waals surface area contributed by atoms with E-state index in [1.807, 2.05) is 6.08 Å². The first-order valence-corrected chi connectivity index (χ1v) is 11.5. The quantitative estimate of drug-likeness (QED) is 0.457. The molecule has 0 aliphatic carbocycles. The van der Waals surface area contributed by atoms with E-state index in [9.17, 15) is 18.0 Å². The monoisotopic (exact) mass is 489 g/mol. The number of amides is 1. The van der Waals surface area contributed by atoms with E-state index in [-0.39, 0.29) is 5.91 Å². The molecule has 0 unspecified atom stereocenters. The molecule has 1 aromatic carbocycles. The molecule has 1 aliphatic rings. The molecule has 2 N–H and O–H groups in total. The SMILES string of the molecule is COc1cc(C(=O)N2CCC=C(N)C2)cc2nc(-c3cc4ccsc4n3CC(F)(F)F)n(C)c12. The van der Waals surface area contributed by atoms with Gasteiger partial charge in [0.25, 0.3) is 5.91 Å². The zero-order chi connectivity index (χ0) is 24.2. The van der Waals surface area contributed by atoms with Gasteiger partial charge in [0.2, 0.25) is 0 Å². The van der Waals surface area contributed by atoms with E-state index < -0.39 is 12.7 Å². The van der Waals surface area contributed by atoms with E-state index in [1.54, 1.807) is 46.2 Å². The van der Waals surface area contributed by atoms with Crippen molar-refractivity contribution in [3.05, 3.63) is 47.0 Å². The summed E-state index contributed by atoms with van der Waals surface area (Å²) in [5, 5.41) is 2.48. The molecule has 4 aromatic rings. The van der Waals surface area contributed by atoms with Crippen molar-refractivity contribution in [3.8, 4) is 17.3 Å². The third kappa shape index (κ3) is 3.79. The standard InChI is InChI=1S/C23H22F3N5O2S/c1-29-19-16(8-14(10-18(19)33-2)21(32)30-6-3-4-15(27)11-30)28-20(29)17-9-13-5-7-34-22(13)31(17)12-23(24,25)26/h4-5,7-10H,3,6,11-12,27H2,1-2H3. The molecule has 0 saturated carbocycles. The minimum absolute atomic E-state index is 0.204. The highest BCUT2D eigenvalue weighted by Gasteiger charge is 2.31. The minimum Gasteiger partial charge on any atom is -0.494 e. The summed E-state index contributed by atoms with van der Waals surface area (Å²) in [6.07, 6.45) is -1.81. The van der Waals surface area contributed by atoms with Gasteiger partial charge in [-0.05, 0) is 36.1 Å². The van der Waals surface area contributed by atoms with Crippen LogP contribution in [-0.2, 0) is 13.6 Å². The molecule has 0 saturated heterocycles. The fourth-order valence-electron chi connectivity index (χ4n) is 4.44. The first-order valence-electron chi connectivity index (χ1n) is 10.6. The van der Waals surface area contributed by atoms with E-state index >= 15 is 0 Å². The number of rotatable bonds is 4.